The average molecular weight is 285 g/mol. The van der Waals surface area contributed by atoms with Crippen LogP contribution in [0.2, 0.25) is 0 Å². The Morgan fingerprint density at radius 2 is 2.26 bits per heavy atom. The molecule has 7 heteroatoms. The monoisotopic (exact) mass is 285 g/mol. The number of aliphatic hydroxyl groups excluding tert-OH is 1. The number of nitrogens with one attached hydrogen (secondary N) is 1. The largest absolute Gasteiger partial charge is 0.396 e. The fraction of sp³-hybridized carbons (Fsp3) is 0.667. The number of aliphatic hydroxyl groups is 1. The van der Waals surface area contributed by atoms with Gasteiger partial charge in [0.1, 0.15) is 0 Å². The van der Waals surface area contributed by atoms with Crippen LogP contribution in [0.25, 0.3) is 0 Å². The molecule has 1 heterocycles. The average Bonchev–Trinajstić information content (AvgIpc) is 2.37. The maximum atomic E-state index is 12.2. The lowest BCUT2D eigenvalue weighted by atomic mass is 10.0. The first-order valence-corrected chi connectivity index (χ1v) is 6.72. The molecule has 0 spiro atoms. The van der Waals surface area contributed by atoms with Gasteiger partial charge in [-0.25, -0.2) is 0 Å². The molecule has 6 nitrogen and oxygen atoms in total. The Balaban J connectivity index is 2.80. The van der Waals surface area contributed by atoms with E-state index in [0.717, 1.165) is 6.42 Å². The summed E-state index contributed by atoms with van der Waals surface area (Å²) in [6.07, 6.45) is 2.59. The van der Waals surface area contributed by atoms with Crippen molar-refractivity contribution in [2.45, 2.75) is 32.7 Å². The van der Waals surface area contributed by atoms with Crippen molar-refractivity contribution < 1.29 is 14.7 Å². The minimum atomic E-state index is -0.931. The molecule has 0 saturated carbocycles. The molecule has 0 aromatic carbocycles. The van der Waals surface area contributed by atoms with E-state index in [9.17, 15) is 9.59 Å². The zero-order valence-corrected chi connectivity index (χ0v) is 11.9. The molecular weight excluding hydrogens is 266 g/mol. The van der Waals surface area contributed by atoms with Crippen molar-refractivity contribution in [2.75, 3.05) is 13.2 Å². The molecule has 1 aliphatic heterocycles. The minimum absolute atomic E-state index is 0.0330. The SMILES string of the molecule is CC[C@@H](C)N1C(=O)[C@@H](C=NCCCO)C(=O)NC1=S. The zero-order valence-electron chi connectivity index (χ0n) is 11.1. The molecule has 1 fully saturated rings. The van der Waals surface area contributed by atoms with Crippen LogP contribution in [0.3, 0.4) is 0 Å². The summed E-state index contributed by atoms with van der Waals surface area (Å²) in [7, 11) is 0. The summed E-state index contributed by atoms with van der Waals surface area (Å²) in [5, 5.41) is 11.3. The highest BCUT2D eigenvalue weighted by atomic mass is 32.1. The normalized spacial score (nSPS) is 21.9. The number of amides is 2. The zero-order chi connectivity index (χ0) is 14.4. The van der Waals surface area contributed by atoms with Crippen LogP contribution in [0.1, 0.15) is 26.7 Å². The van der Waals surface area contributed by atoms with Gasteiger partial charge in [-0.05, 0) is 32.0 Å². The number of rotatable bonds is 6. The van der Waals surface area contributed by atoms with Crippen molar-refractivity contribution in [3.8, 4) is 0 Å². The third kappa shape index (κ3) is 3.81. The van der Waals surface area contributed by atoms with Crippen LogP contribution in [0, 0.1) is 5.92 Å². The van der Waals surface area contributed by atoms with Gasteiger partial charge in [-0.15, -0.1) is 0 Å². The third-order valence-electron chi connectivity index (χ3n) is 2.97. The topological polar surface area (TPSA) is 82.0 Å². The first-order chi connectivity index (χ1) is 9.02. The van der Waals surface area contributed by atoms with Crippen LogP contribution in [-0.4, -0.2) is 52.3 Å². The summed E-state index contributed by atoms with van der Waals surface area (Å²) in [4.78, 5) is 29.4. The van der Waals surface area contributed by atoms with Gasteiger partial charge >= 0.3 is 0 Å². The van der Waals surface area contributed by atoms with E-state index < -0.39 is 11.8 Å². The molecule has 106 valence electrons. The molecule has 19 heavy (non-hydrogen) atoms. The van der Waals surface area contributed by atoms with Crippen molar-refractivity contribution >= 4 is 35.4 Å². The van der Waals surface area contributed by atoms with Gasteiger partial charge in [0.2, 0.25) is 11.8 Å². The van der Waals surface area contributed by atoms with Crippen LogP contribution in [0.15, 0.2) is 4.99 Å². The summed E-state index contributed by atoms with van der Waals surface area (Å²) in [5.74, 6) is -1.71. The van der Waals surface area contributed by atoms with Crippen molar-refractivity contribution in [3.05, 3.63) is 0 Å². The van der Waals surface area contributed by atoms with Gasteiger partial charge in [0.05, 0.1) is 0 Å². The maximum Gasteiger partial charge on any atom is 0.247 e. The summed E-state index contributed by atoms with van der Waals surface area (Å²) in [5.41, 5.74) is 0. The highest BCUT2D eigenvalue weighted by molar-refractivity contribution is 7.80. The van der Waals surface area contributed by atoms with Gasteiger partial charge in [-0.3, -0.25) is 19.5 Å². The van der Waals surface area contributed by atoms with Crippen LogP contribution in [0.4, 0.5) is 0 Å². The Morgan fingerprint density at radius 3 is 2.84 bits per heavy atom. The molecule has 2 N–H and O–H groups in total. The first-order valence-electron chi connectivity index (χ1n) is 6.31. The van der Waals surface area contributed by atoms with Crippen molar-refractivity contribution in [1.29, 1.82) is 0 Å². The van der Waals surface area contributed by atoms with Crippen molar-refractivity contribution in [1.82, 2.24) is 10.2 Å². The van der Waals surface area contributed by atoms with E-state index in [4.69, 9.17) is 17.3 Å². The standard InChI is InChI=1S/C12H19N3O3S/c1-3-8(2)15-11(18)9(7-13-5-4-6-16)10(17)14-12(15)19/h7-9,16H,3-6H2,1-2H3,(H,14,17,19)/t8-,9+/m1/s1. The van der Waals surface area contributed by atoms with Gasteiger partial charge < -0.3 is 10.4 Å². The molecule has 1 aliphatic rings. The van der Waals surface area contributed by atoms with Gasteiger partial charge in [0, 0.05) is 25.4 Å². The van der Waals surface area contributed by atoms with Crippen LogP contribution in [0.5, 0.6) is 0 Å². The predicted molar refractivity (Wildman–Crippen MR) is 75.9 cm³/mol. The lowest BCUT2D eigenvalue weighted by molar-refractivity contribution is -0.139. The fourth-order valence-corrected chi connectivity index (χ4v) is 2.05. The van der Waals surface area contributed by atoms with E-state index in [0.29, 0.717) is 13.0 Å². The minimum Gasteiger partial charge on any atom is -0.396 e. The van der Waals surface area contributed by atoms with E-state index in [1.165, 1.54) is 11.1 Å². The second-order valence-corrected chi connectivity index (χ2v) is 4.76. The summed E-state index contributed by atoms with van der Waals surface area (Å²) < 4.78 is 0. The van der Waals surface area contributed by atoms with Crippen LogP contribution >= 0.6 is 12.2 Å². The highest BCUT2D eigenvalue weighted by Gasteiger charge is 2.39. The maximum absolute atomic E-state index is 12.2. The number of nitrogens with zero attached hydrogens (tertiary/aromatic N) is 2. The van der Waals surface area contributed by atoms with E-state index in [1.54, 1.807) is 0 Å². The number of hydrogen-bond donors (Lipinski definition) is 2. The number of carbonyl (C=O) groups is 2. The number of hydrogen-bond acceptors (Lipinski definition) is 5. The second-order valence-electron chi connectivity index (χ2n) is 4.37. The van der Waals surface area contributed by atoms with Gasteiger partial charge in [0.15, 0.2) is 11.0 Å². The van der Waals surface area contributed by atoms with Gasteiger partial charge in [-0.1, -0.05) is 6.92 Å². The quantitative estimate of drug-likeness (QED) is 0.314. The number of carbonyl (C=O) groups excluding carboxylic acids is 2. The molecule has 2 amide bonds. The molecule has 0 bridgehead atoms. The summed E-state index contributed by atoms with van der Waals surface area (Å²) >= 11 is 5.03. The number of aliphatic imine (C=N–C) groups is 1. The van der Waals surface area contributed by atoms with Crippen LogP contribution in [-0.2, 0) is 9.59 Å². The summed E-state index contributed by atoms with van der Waals surface area (Å²) in [6.45, 7) is 4.25. The molecule has 0 aliphatic carbocycles. The molecule has 0 unspecified atom stereocenters. The Morgan fingerprint density at radius 1 is 1.58 bits per heavy atom. The van der Waals surface area contributed by atoms with E-state index in [-0.39, 0.29) is 23.7 Å². The first kappa shape index (κ1) is 15.7. The lowest BCUT2D eigenvalue weighted by Gasteiger charge is -2.34. The Kier molecular flexibility index (Phi) is 6.04. The third-order valence-corrected chi connectivity index (χ3v) is 3.27. The fourth-order valence-electron chi connectivity index (χ4n) is 1.68. The molecule has 1 rings (SSSR count). The van der Waals surface area contributed by atoms with Gasteiger partial charge in [-0.2, -0.15) is 0 Å². The second kappa shape index (κ2) is 7.30. The van der Waals surface area contributed by atoms with Crippen LogP contribution < -0.4 is 5.32 Å². The van der Waals surface area contributed by atoms with Crippen molar-refractivity contribution in [2.24, 2.45) is 10.9 Å². The molecular formula is C12H19N3O3S. The van der Waals surface area contributed by atoms with E-state index in [1.807, 2.05) is 13.8 Å². The molecule has 0 aromatic heterocycles. The van der Waals surface area contributed by atoms with E-state index in [2.05, 4.69) is 10.3 Å². The smallest absolute Gasteiger partial charge is 0.247 e. The Bertz CT molecular complexity index is 398. The Labute approximate surface area is 117 Å². The molecule has 0 radical (unpaired) electrons. The lowest BCUT2D eigenvalue weighted by Crippen LogP contribution is -2.60. The highest BCUT2D eigenvalue weighted by Crippen LogP contribution is 2.14. The Hall–Kier alpha value is -1.34. The summed E-state index contributed by atoms with van der Waals surface area (Å²) in [6, 6.07) is -0.0612. The molecule has 1 saturated heterocycles. The van der Waals surface area contributed by atoms with Gasteiger partial charge in [0.25, 0.3) is 0 Å². The van der Waals surface area contributed by atoms with Crippen molar-refractivity contribution in [3.63, 3.8) is 0 Å². The molecule has 0 aromatic rings. The predicted octanol–water partition coefficient (Wildman–Crippen LogP) is 0.0976. The molecule has 2 atom stereocenters. The number of thiocarbonyl (C=S) groups is 1. The van der Waals surface area contributed by atoms with E-state index >= 15 is 0 Å².